The molecule has 0 saturated heterocycles. The first-order valence-electron chi connectivity index (χ1n) is 5.74. The molecule has 0 aliphatic carbocycles. The number of carboxylic acids is 1. The number of nitrogens with two attached hydrogens (primary N) is 1. The number of carboxylic acid groups (broad SMARTS) is 1. The molecule has 1 aromatic carbocycles. The lowest BCUT2D eigenvalue weighted by Gasteiger charge is -2.06. The van der Waals surface area contributed by atoms with Gasteiger partial charge in [-0.25, -0.2) is 0 Å². The highest BCUT2D eigenvalue weighted by Gasteiger charge is 2.11. The smallest absolute Gasteiger partial charge is 0.320 e. The van der Waals surface area contributed by atoms with E-state index < -0.39 is 12.0 Å². The van der Waals surface area contributed by atoms with Crippen LogP contribution in [0.15, 0.2) is 30.8 Å². The summed E-state index contributed by atoms with van der Waals surface area (Å²) >= 11 is 0. The van der Waals surface area contributed by atoms with Crippen molar-refractivity contribution in [2.75, 3.05) is 0 Å². The summed E-state index contributed by atoms with van der Waals surface area (Å²) in [6.07, 6.45) is 3.34. The zero-order valence-electron chi connectivity index (χ0n) is 10.5. The van der Waals surface area contributed by atoms with Crippen molar-refractivity contribution in [3.8, 4) is 0 Å². The van der Waals surface area contributed by atoms with E-state index in [9.17, 15) is 4.79 Å². The van der Waals surface area contributed by atoms with Crippen LogP contribution in [0.3, 0.4) is 0 Å². The van der Waals surface area contributed by atoms with Gasteiger partial charge >= 0.3 is 5.97 Å². The van der Waals surface area contributed by atoms with Crippen LogP contribution in [0.5, 0.6) is 0 Å². The summed E-state index contributed by atoms with van der Waals surface area (Å²) in [5, 5.41) is 8.60. The molecule has 1 rings (SSSR count). The largest absolute Gasteiger partial charge is 0.480 e. The minimum absolute atomic E-state index is 0.354. The van der Waals surface area contributed by atoms with E-state index in [1.54, 1.807) is 6.08 Å². The molecule has 0 radical (unpaired) electrons. The van der Waals surface area contributed by atoms with Gasteiger partial charge in [0.25, 0.3) is 0 Å². The lowest BCUT2D eigenvalue weighted by Crippen LogP contribution is -2.32. The molecular formula is C14H21NO2. The highest BCUT2D eigenvalue weighted by atomic mass is 16.4. The van der Waals surface area contributed by atoms with E-state index in [1.807, 2.05) is 24.3 Å². The molecule has 3 heteroatoms. The lowest BCUT2D eigenvalue weighted by atomic mass is 10.0. The summed E-state index contributed by atoms with van der Waals surface area (Å²) in [6.45, 7) is 7.88. The van der Waals surface area contributed by atoms with Gasteiger partial charge in [-0.15, -0.1) is 0 Å². The van der Waals surface area contributed by atoms with Crippen LogP contribution >= 0.6 is 0 Å². The van der Waals surface area contributed by atoms with Crippen molar-refractivity contribution in [2.24, 2.45) is 5.73 Å². The third kappa shape index (κ3) is 6.53. The Morgan fingerprint density at radius 1 is 1.41 bits per heavy atom. The Balaban J connectivity index is 0.000000770. The van der Waals surface area contributed by atoms with Crippen LogP contribution in [-0.2, 0) is 11.2 Å². The SMILES string of the molecule is C=Cc1ccc(CC(N)C(=O)O)cc1.CCC. The molecule has 0 bridgehead atoms. The zero-order valence-corrected chi connectivity index (χ0v) is 10.5. The van der Waals surface area contributed by atoms with E-state index in [-0.39, 0.29) is 0 Å². The van der Waals surface area contributed by atoms with Crippen molar-refractivity contribution in [3.05, 3.63) is 42.0 Å². The fraction of sp³-hybridized carbons (Fsp3) is 0.357. The molecule has 0 fully saturated rings. The van der Waals surface area contributed by atoms with Gasteiger partial charge in [-0.05, 0) is 17.5 Å². The van der Waals surface area contributed by atoms with Gasteiger partial charge in [-0.2, -0.15) is 0 Å². The van der Waals surface area contributed by atoms with Crippen LogP contribution in [0.2, 0.25) is 0 Å². The first kappa shape index (κ1) is 15.4. The average Bonchev–Trinajstić information content (AvgIpc) is 2.31. The normalized spacial score (nSPS) is 11.0. The van der Waals surface area contributed by atoms with E-state index in [2.05, 4.69) is 20.4 Å². The predicted octanol–water partition coefficient (Wildman–Crippen LogP) is 2.70. The van der Waals surface area contributed by atoms with Gasteiger partial charge in [0.15, 0.2) is 0 Å². The Morgan fingerprint density at radius 2 is 1.88 bits per heavy atom. The van der Waals surface area contributed by atoms with Crippen molar-refractivity contribution >= 4 is 12.0 Å². The van der Waals surface area contributed by atoms with Crippen molar-refractivity contribution in [1.29, 1.82) is 0 Å². The number of benzene rings is 1. The van der Waals surface area contributed by atoms with Crippen molar-refractivity contribution in [2.45, 2.75) is 32.7 Å². The molecule has 0 amide bonds. The monoisotopic (exact) mass is 235 g/mol. The maximum atomic E-state index is 10.5. The van der Waals surface area contributed by atoms with E-state index in [0.717, 1.165) is 11.1 Å². The van der Waals surface area contributed by atoms with Gasteiger partial charge < -0.3 is 10.8 Å². The van der Waals surface area contributed by atoms with Gasteiger partial charge in [-0.1, -0.05) is 57.2 Å². The first-order chi connectivity index (χ1) is 8.04. The van der Waals surface area contributed by atoms with Crippen molar-refractivity contribution in [1.82, 2.24) is 0 Å². The summed E-state index contributed by atoms with van der Waals surface area (Å²) in [6, 6.07) is 6.66. The van der Waals surface area contributed by atoms with E-state index in [0.29, 0.717) is 6.42 Å². The number of carbonyl (C=O) groups is 1. The maximum Gasteiger partial charge on any atom is 0.320 e. The first-order valence-corrected chi connectivity index (χ1v) is 5.74. The Hall–Kier alpha value is -1.61. The van der Waals surface area contributed by atoms with E-state index in [1.165, 1.54) is 6.42 Å². The number of hydrogen-bond acceptors (Lipinski definition) is 2. The minimum Gasteiger partial charge on any atom is -0.480 e. The summed E-state index contributed by atoms with van der Waals surface area (Å²) in [7, 11) is 0. The second-order valence-corrected chi connectivity index (χ2v) is 3.80. The Bertz CT molecular complexity index is 344. The second kappa shape index (κ2) is 8.53. The fourth-order valence-corrected chi connectivity index (χ4v) is 1.13. The molecule has 0 aliphatic heterocycles. The third-order valence-corrected chi connectivity index (χ3v) is 1.99. The van der Waals surface area contributed by atoms with Gasteiger partial charge in [0.1, 0.15) is 6.04 Å². The van der Waals surface area contributed by atoms with Crippen LogP contribution in [0.4, 0.5) is 0 Å². The van der Waals surface area contributed by atoms with Gasteiger partial charge in [0, 0.05) is 0 Å². The lowest BCUT2D eigenvalue weighted by molar-refractivity contribution is -0.138. The molecule has 17 heavy (non-hydrogen) atoms. The topological polar surface area (TPSA) is 63.3 Å². The zero-order chi connectivity index (χ0) is 13.3. The number of aliphatic carboxylic acids is 1. The molecule has 94 valence electrons. The molecule has 0 spiro atoms. The van der Waals surface area contributed by atoms with Crippen LogP contribution in [0, 0.1) is 0 Å². The van der Waals surface area contributed by atoms with Crippen molar-refractivity contribution in [3.63, 3.8) is 0 Å². The number of hydrogen-bond donors (Lipinski definition) is 2. The van der Waals surface area contributed by atoms with Gasteiger partial charge in [0.05, 0.1) is 0 Å². The standard InChI is InChI=1S/C11H13NO2.C3H8/c1-2-8-3-5-9(6-4-8)7-10(12)11(13)14;1-3-2/h2-6,10H,1,7,12H2,(H,13,14);3H2,1-2H3. The summed E-state index contributed by atoms with van der Waals surface area (Å²) in [5.41, 5.74) is 7.33. The molecule has 1 atom stereocenters. The molecule has 0 saturated carbocycles. The molecular weight excluding hydrogens is 214 g/mol. The predicted molar refractivity (Wildman–Crippen MR) is 71.8 cm³/mol. The molecule has 1 aromatic rings. The second-order valence-electron chi connectivity index (χ2n) is 3.80. The van der Waals surface area contributed by atoms with Crippen LogP contribution in [0.1, 0.15) is 31.4 Å². The summed E-state index contributed by atoms with van der Waals surface area (Å²) < 4.78 is 0. The van der Waals surface area contributed by atoms with E-state index in [4.69, 9.17) is 10.8 Å². The van der Waals surface area contributed by atoms with Gasteiger partial charge in [0.2, 0.25) is 0 Å². The highest BCUT2D eigenvalue weighted by molar-refractivity contribution is 5.73. The Morgan fingerprint density at radius 3 is 2.24 bits per heavy atom. The quantitative estimate of drug-likeness (QED) is 0.843. The Labute approximate surface area is 103 Å². The summed E-state index contributed by atoms with van der Waals surface area (Å²) in [4.78, 5) is 10.5. The van der Waals surface area contributed by atoms with Crippen molar-refractivity contribution < 1.29 is 9.90 Å². The molecule has 3 nitrogen and oxygen atoms in total. The molecule has 3 N–H and O–H groups in total. The van der Waals surface area contributed by atoms with E-state index >= 15 is 0 Å². The fourth-order valence-electron chi connectivity index (χ4n) is 1.13. The minimum atomic E-state index is -0.974. The average molecular weight is 235 g/mol. The van der Waals surface area contributed by atoms with Crippen LogP contribution in [0.25, 0.3) is 6.08 Å². The number of rotatable bonds is 4. The van der Waals surface area contributed by atoms with Crippen LogP contribution < -0.4 is 5.73 Å². The maximum absolute atomic E-state index is 10.5. The molecule has 0 aliphatic rings. The Kier molecular flexibility index (Phi) is 7.72. The van der Waals surface area contributed by atoms with Gasteiger partial charge in [-0.3, -0.25) is 4.79 Å². The third-order valence-electron chi connectivity index (χ3n) is 1.99. The molecule has 1 unspecified atom stereocenters. The summed E-state index contributed by atoms with van der Waals surface area (Å²) in [5.74, 6) is -0.974. The molecule has 0 aromatic heterocycles. The highest BCUT2D eigenvalue weighted by Crippen LogP contribution is 2.07. The van der Waals surface area contributed by atoms with Crippen LogP contribution in [-0.4, -0.2) is 17.1 Å². The molecule has 0 heterocycles.